The van der Waals surface area contributed by atoms with Gasteiger partial charge in [-0.25, -0.2) is 4.98 Å². The highest BCUT2D eigenvalue weighted by Crippen LogP contribution is 2.29. The molecule has 3 aromatic rings. The molecule has 2 aromatic carbocycles. The van der Waals surface area contributed by atoms with E-state index in [1.54, 1.807) is 12.5 Å². The summed E-state index contributed by atoms with van der Waals surface area (Å²) in [6, 6.07) is 13.7. The first-order valence-electron chi connectivity index (χ1n) is 7.28. The number of hydrogen-bond donors (Lipinski definition) is 2. The van der Waals surface area contributed by atoms with Gasteiger partial charge in [0.05, 0.1) is 12.7 Å². The molecule has 1 amide bonds. The number of amides is 1. The predicted octanol–water partition coefficient (Wildman–Crippen LogP) is 3.21. The minimum absolute atomic E-state index is 0.0287. The number of nitrogens with two attached hydrogens (primary N) is 1. The monoisotopic (exact) mass is 307 g/mol. The van der Waals surface area contributed by atoms with E-state index in [0.29, 0.717) is 5.89 Å². The maximum Gasteiger partial charge on any atom is 0.238 e. The molecule has 0 fully saturated rings. The SMILES string of the molecule is Cc1ccc(-c2ncco2)cc1-c1ccc(NC(=O)CN)cc1. The fourth-order valence-corrected chi connectivity index (χ4v) is 2.38. The van der Waals surface area contributed by atoms with Crippen LogP contribution in [0.1, 0.15) is 5.56 Å². The average molecular weight is 307 g/mol. The quantitative estimate of drug-likeness (QED) is 0.775. The van der Waals surface area contributed by atoms with Crippen molar-refractivity contribution in [3.63, 3.8) is 0 Å². The fraction of sp³-hybridized carbons (Fsp3) is 0.111. The van der Waals surface area contributed by atoms with E-state index < -0.39 is 0 Å². The van der Waals surface area contributed by atoms with Crippen LogP contribution in [-0.4, -0.2) is 17.4 Å². The summed E-state index contributed by atoms with van der Waals surface area (Å²) in [6.45, 7) is 2.03. The first-order valence-corrected chi connectivity index (χ1v) is 7.28. The van der Waals surface area contributed by atoms with Gasteiger partial charge >= 0.3 is 0 Å². The number of oxazole rings is 1. The molecule has 0 aliphatic heterocycles. The zero-order valence-electron chi connectivity index (χ0n) is 12.7. The Balaban J connectivity index is 1.92. The second-order valence-electron chi connectivity index (χ2n) is 5.20. The summed E-state index contributed by atoms with van der Waals surface area (Å²) in [4.78, 5) is 15.5. The number of nitrogens with zero attached hydrogens (tertiary/aromatic N) is 1. The van der Waals surface area contributed by atoms with Crippen molar-refractivity contribution in [1.82, 2.24) is 4.98 Å². The van der Waals surface area contributed by atoms with Crippen LogP contribution < -0.4 is 11.1 Å². The van der Waals surface area contributed by atoms with Crippen LogP contribution in [0.3, 0.4) is 0 Å². The number of aromatic nitrogens is 1. The summed E-state index contributed by atoms with van der Waals surface area (Å²) in [5.41, 5.74) is 10.3. The van der Waals surface area contributed by atoms with E-state index in [0.717, 1.165) is 27.9 Å². The number of aryl methyl sites for hydroxylation is 1. The van der Waals surface area contributed by atoms with Gasteiger partial charge in [0.25, 0.3) is 0 Å². The molecule has 0 radical (unpaired) electrons. The second-order valence-corrected chi connectivity index (χ2v) is 5.20. The number of hydrogen-bond acceptors (Lipinski definition) is 4. The number of carbonyl (C=O) groups excluding carboxylic acids is 1. The van der Waals surface area contributed by atoms with E-state index in [1.165, 1.54) is 0 Å². The van der Waals surface area contributed by atoms with E-state index in [2.05, 4.69) is 23.3 Å². The lowest BCUT2D eigenvalue weighted by atomic mass is 9.98. The van der Waals surface area contributed by atoms with E-state index >= 15 is 0 Å². The first kappa shape index (κ1) is 15.0. The van der Waals surface area contributed by atoms with Gasteiger partial charge in [-0.15, -0.1) is 0 Å². The predicted molar refractivity (Wildman–Crippen MR) is 89.8 cm³/mol. The number of benzene rings is 2. The van der Waals surface area contributed by atoms with Crippen molar-refractivity contribution in [1.29, 1.82) is 0 Å². The molecule has 5 heteroatoms. The highest BCUT2D eigenvalue weighted by molar-refractivity contribution is 5.92. The largest absolute Gasteiger partial charge is 0.445 e. The normalized spacial score (nSPS) is 10.5. The summed E-state index contributed by atoms with van der Waals surface area (Å²) in [7, 11) is 0. The molecule has 23 heavy (non-hydrogen) atoms. The Morgan fingerprint density at radius 2 is 1.91 bits per heavy atom. The maximum absolute atomic E-state index is 11.3. The molecule has 0 unspecified atom stereocenters. The molecule has 3 N–H and O–H groups in total. The van der Waals surface area contributed by atoms with Gasteiger partial charge in [-0.1, -0.05) is 18.2 Å². The molecule has 0 aliphatic rings. The van der Waals surface area contributed by atoms with Crippen molar-refractivity contribution in [3.05, 3.63) is 60.5 Å². The number of anilines is 1. The van der Waals surface area contributed by atoms with Crippen LogP contribution >= 0.6 is 0 Å². The molecule has 1 aromatic heterocycles. The first-order chi connectivity index (χ1) is 11.2. The third-order valence-electron chi connectivity index (χ3n) is 3.58. The molecule has 3 rings (SSSR count). The third-order valence-corrected chi connectivity index (χ3v) is 3.58. The zero-order chi connectivity index (χ0) is 16.2. The van der Waals surface area contributed by atoms with Crippen molar-refractivity contribution in [2.24, 2.45) is 5.73 Å². The fourth-order valence-electron chi connectivity index (χ4n) is 2.38. The third kappa shape index (κ3) is 3.30. The maximum atomic E-state index is 11.3. The zero-order valence-corrected chi connectivity index (χ0v) is 12.7. The van der Waals surface area contributed by atoms with Crippen LogP contribution in [0.25, 0.3) is 22.6 Å². The topological polar surface area (TPSA) is 81.2 Å². The van der Waals surface area contributed by atoms with Crippen LogP contribution in [0.5, 0.6) is 0 Å². The number of rotatable bonds is 4. The van der Waals surface area contributed by atoms with Gasteiger partial charge in [0, 0.05) is 11.3 Å². The Morgan fingerprint density at radius 3 is 2.57 bits per heavy atom. The van der Waals surface area contributed by atoms with E-state index in [1.807, 2.05) is 36.4 Å². The molecule has 0 saturated carbocycles. The highest BCUT2D eigenvalue weighted by Gasteiger charge is 2.08. The Hall–Kier alpha value is -2.92. The lowest BCUT2D eigenvalue weighted by molar-refractivity contribution is -0.114. The molecule has 0 bridgehead atoms. The van der Waals surface area contributed by atoms with Gasteiger partial charge in [0.2, 0.25) is 11.8 Å². The van der Waals surface area contributed by atoms with Crippen LogP contribution in [0.2, 0.25) is 0 Å². The Kier molecular flexibility index (Phi) is 4.21. The van der Waals surface area contributed by atoms with Crippen LogP contribution in [0.4, 0.5) is 5.69 Å². The van der Waals surface area contributed by atoms with Gasteiger partial charge in [0.1, 0.15) is 6.26 Å². The highest BCUT2D eigenvalue weighted by atomic mass is 16.3. The van der Waals surface area contributed by atoms with E-state index in [9.17, 15) is 4.79 Å². The van der Waals surface area contributed by atoms with E-state index in [4.69, 9.17) is 10.2 Å². The van der Waals surface area contributed by atoms with Crippen LogP contribution in [0.15, 0.2) is 59.3 Å². The number of nitrogens with one attached hydrogen (secondary N) is 1. The van der Waals surface area contributed by atoms with Crippen molar-refractivity contribution >= 4 is 11.6 Å². The molecule has 116 valence electrons. The van der Waals surface area contributed by atoms with Crippen molar-refractivity contribution in [3.8, 4) is 22.6 Å². The Morgan fingerprint density at radius 1 is 1.17 bits per heavy atom. The van der Waals surface area contributed by atoms with Crippen LogP contribution in [-0.2, 0) is 4.79 Å². The summed E-state index contributed by atoms with van der Waals surface area (Å²) in [6.07, 6.45) is 3.19. The summed E-state index contributed by atoms with van der Waals surface area (Å²) in [5.74, 6) is 0.387. The molecule has 0 spiro atoms. The standard InChI is InChI=1S/C18H17N3O2/c1-12-2-3-14(18-20-8-9-23-18)10-16(12)13-4-6-15(7-5-13)21-17(22)11-19/h2-10H,11,19H2,1H3,(H,21,22). The van der Waals surface area contributed by atoms with Gasteiger partial charge in [-0.3, -0.25) is 4.79 Å². The second kappa shape index (κ2) is 6.46. The Labute approximate surface area is 134 Å². The van der Waals surface area contributed by atoms with Gasteiger partial charge in [-0.05, 0) is 47.9 Å². The average Bonchev–Trinajstić information content (AvgIpc) is 3.10. The lowest BCUT2D eigenvalue weighted by Crippen LogP contribution is -2.21. The van der Waals surface area contributed by atoms with Crippen molar-refractivity contribution < 1.29 is 9.21 Å². The Bertz CT molecular complexity index is 809. The van der Waals surface area contributed by atoms with Gasteiger partial charge in [0.15, 0.2) is 0 Å². The number of carbonyl (C=O) groups is 1. The molecular weight excluding hydrogens is 290 g/mol. The molecule has 1 heterocycles. The molecule has 0 atom stereocenters. The van der Waals surface area contributed by atoms with E-state index in [-0.39, 0.29) is 12.5 Å². The van der Waals surface area contributed by atoms with Gasteiger partial charge in [-0.2, -0.15) is 0 Å². The summed E-state index contributed by atoms with van der Waals surface area (Å²) in [5, 5.41) is 2.73. The smallest absolute Gasteiger partial charge is 0.238 e. The molecule has 0 saturated heterocycles. The summed E-state index contributed by atoms with van der Waals surface area (Å²) >= 11 is 0. The van der Waals surface area contributed by atoms with Crippen molar-refractivity contribution in [2.45, 2.75) is 6.92 Å². The minimum atomic E-state index is -0.208. The minimum Gasteiger partial charge on any atom is -0.445 e. The molecule has 5 nitrogen and oxygen atoms in total. The summed E-state index contributed by atoms with van der Waals surface area (Å²) < 4.78 is 5.36. The molecular formula is C18H17N3O2. The van der Waals surface area contributed by atoms with Gasteiger partial charge < -0.3 is 15.5 Å². The van der Waals surface area contributed by atoms with Crippen molar-refractivity contribution in [2.75, 3.05) is 11.9 Å². The van der Waals surface area contributed by atoms with Crippen LogP contribution in [0, 0.1) is 6.92 Å². The lowest BCUT2D eigenvalue weighted by Gasteiger charge is -2.09. The molecule has 0 aliphatic carbocycles.